The van der Waals surface area contributed by atoms with Crippen molar-refractivity contribution in [3.8, 4) is 0 Å². The monoisotopic (exact) mass is 354 g/mol. The molecule has 0 saturated carbocycles. The first kappa shape index (κ1) is 17.1. The van der Waals surface area contributed by atoms with Crippen molar-refractivity contribution in [3.05, 3.63) is 40.9 Å². The summed E-state index contributed by atoms with van der Waals surface area (Å²) in [5.41, 5.74) is 5.27. The van der Waals surface area contributed by atoms with Gasteiger partial charge in [-0.3, -0.25) is 14.9 Å². The number of benzene rings is 1. The van der Waals surface area contributed by atoms with E-state index >= 15 is 0 Å². The van der Waals surface area contributed by atoms with Crippen molar-refractivity contribution in [2.45, 2.75) is 4.90 Å². The summed E-state index contributed by atoms with van der Waals surface area (Å²) in [5, 5.41) is 2.69. The van der Waals surface area contributed by atoms with Gasteiger partial charge in [0, 0.05) is 19.7 Å². The van der Waals surface area contributed by atoms with Crippen LogP contribution in [-0.4, -0.2) is 43.6 Å². The summed E-state index contributed by atoms with van der Waals surface area (Å²) >= 11 is 0.935. The van der Waals surface area contributed by atoms with Gasteiger partial charge in [0.05, 0.1) is 11.1 Å². The molecule has 3 N–H and O–H groups in total. The molecule has 122 valence electrons. The molecule has 0 saturated heterocycles. The van der Waals surface area contributed by atoms with Gasteiger partial charge in [0.15, 0.2) is 5.13 Å². The van der Waals surface area contributed by atoms with Gasteiger partial charge in [-0.15, -0.1) is 0 Å². The van der Waals surface area contributed by atoms with E-state index in [4.69, 9.17) is 5.73 Å². The van der Waals surface area contributed by atoms with Crippen LogP contribution < -0.4 is 11.1 Å². The van der Waals surface area contributed by atoms with Crippen molar-refractivity contribution < 1.29 is 18.0 Å². The lowest BCUT2D eigenvalue weighted by Gasteiger charge is -2.12. The maximum absolute atomic E-state index is 12.2. The van der Waals surface area contributed by atoms with E-state index in [1.54, 1.807) is 0 Å². The molecule has 0 bridgehead atoms. The van der Waals surface area contributed by atoms with Gasteiger partial charge in [0.1, 0.15) is 4.88 Å². The molecule has 0 aliphatic heterocycles. The van der Waals surface area contributed by atoms with E-state index in [2.05, 4.69) is 10.3 Å². The Morgan fingerprint density at radius 3 is 2.57 bits per heavy atom. The van der Waals surface area contributed by atoms with Gasteiger partial charge in [0.25, 0.3) is 11.8 Å². The van der Waals surface area contributed by atoms with E-state index in [1.807, 2.05) is 0 Å². The maximum Gasteiger partial charge on any atom is 0.260 e. The van der Waals surface area contributed by atoms with Gasteiger partial charge in [-0.1, -0.05) is 17.4 Å². The van der Waals surface area contributed by atoms with Crippen LogP contribution in [0.2, 0.25) is 0 Å². The average molecular weight is 354 g/mol. The molecule has 8 nitrogen and oxygen atoms in total. The van der Waals surface area contributed by atoms with Crippen LogP contribution in [0.15, 0.2) is 35.4 Å². The number of thiazole rings is 1. The van der Waals surface area contributed by atoms with E-state index in [1.165, 1.54) is 44.6 Å². The Morgan fingerprint density at radius 1 is 1.30 bits per heavy atom. The molecule has 1 heterocycles. The summed E-state index contributed by atoms with van der Waals surface area (Å²) in [4.78, 5) is 27.3. The number of rotatable bonds is 5. The van der Waals surface area contributed by atoms with Crippen LogP contribution in [0, 0.1) is 0 Å². The van der Waals surface area contributed by atoms with E-state index < -0.39 is 21.8 Å². The van der Waals surface area contributed by atoms with Crippen LogP contribution in [-0.2, 0) is 10.0 Å². The lowest BCUT2D eigenvalue weighted by molar-refractivity contribution is 0.100. The number of nitrogens with one attached hydrogen (secondary N) is 1. The number of hydrogen-bond acceptors (Lipinski definition) is 6. The van der Waals surface area contributed by atoms with E-state index in [0.29, 0.717) is 0 Å². The second-order valence-corrected chi connectivity index (χ2v) is 7.85. The van der Waals surface area contributed by atoms with Gasteiger partial charge in [-0.25, -0.2) is 17.7 Å². The predicted molar refractivity (Wildman–Crippen MR) is 85.9 cm³/mol. The van der Waals surface area contributed by atoms with Crippen LogP contribution in [0.25, 0.3) is 0 Å². The van der Waals surface area contributed by atoms with Crippen molar-refractivity contribution in [1.29, 1.82) is 0 Å². The first-order valence-electron chi connectivity index (χ1n) is 6.31. The Kier molecular flexibility index (Phi) is 4.78. The summed E-state index contributed by atoms with van der Waals surface area (Å²) in [7, 11) is -0.822. The number of nitrogens with zero attached hydrogens (tertiary/aromatic N) is 2. The fraction of sp³-hybridized carbons (Fsp3) is 0.154. The number of sulfonamides is 1. The highest BCUT2D eigenvalue weighted by atomic mass is 32.2. The molecule has 10 heteroatoms. The zero-order valence-electron chi connectivity index (χ0n) is 12.3. The summed E-state index contributed by atoms with van der Waals surface area (Å²) in [6.45, 7) is 0. The molecule has 2 aromatic rings. The Morgan fingerprint density at radius 2 is 2.00 bits per heavy atom. The number of nitrogens with two attached hydrogens (primary N) is 1. The topological polar surface area (TPSA) is 122 Å². The fourth-order valence-corrected chi connectivity index (χ4v) is 3.24. The smallest absolute Gasteiger partial charge is 0.260 e. The minimum absolute atomic E-state index is 0.00659. The van der Waals surface area contributed by atoms with E-state index in [-0.39, 0.29) is 20.5 Å². The Balaban J connectivity index is 2.24. The van der Waals surface area contributed by atoms with Crippen molar-refractivity contribution in [2.75, 3.05) is 19.4 Å². The average Bonchev–Trinajstić information content (AvgIpc) is 2.96. The molecule has 0 unspecified atom stereocenters. The molecule has 0 fully saturated rings. The van der Waals surface area contributed by atoms with Crippen LogP contribution >= 0.6 is 11.3 Å². The Bertz CT molecular complexity index is 858. The third kappa shape index (κ3) is 3.73. The number of hydrogen-bond donors (Lipinski definition) is 2. The largest absolute Gasteiger partial charge is 0.365 e. The molecule has 0 atom stereocenters. The van der Waals surface area contributed by atoms with Crippen molar-refractivity contribution in [3.63, 3.8) is 0 Å². The molecule has 0 radical (unpaired) electrons. The number of carbonyl (C=O) groups is 2. The quantitative estimate of drug-likeness (QED) is 0.820. The number of carbonyl (C=O) groups excluding carboxylic acids is 2. The van der Waals surface area contributed by atoms with Gasteiger partial charge < -0.3 is 5.73 Å². The molecule has 0 aliphatic carbocycles. The van der Waals surface area contributed by atoms with Crippen LogP contribution in [0.5, 0.6) is 0 Å². The minimum atomic E-state index is -3.63. The molecular formula is C13H14N4O4S2. The molecule has 0 spiro atoms. The highest BCUT2D eigenvalue weighted by molar-refractivity contribution is 7.89. The summed E-state index contributed by atoms with van der Waals surface area (Å²) in [6, 6.07) is 5.63. The van der Waals surface area contributed by atoms with Gasteiger partial charge in [-0.05, 0) is 18.2 Å². The van der Waals surface area contributed by atoms with Gasteiger partial charge in [-0.2, -0.15) is 0 Å². The summed E-state index contributed by atoms with van der Waals surface area (Å²) in [6.07, 6.45) is 1.26. The molecule has 1 aromatic heterocycles. The molecule has 2 amide bonds. The SMILES string of the molecule is CN(C)S(=O)(=O)c1cccc(C(=O)Nc2ncc(C(N)=O)s2)c1. The maximum atomic E-state index is 12.2. The van der Waals surface area contributed by atoms with Gasteiger partial charge >= 0.3 is 0 Å². The lowest BCUT2D eigenvalue weighted by Crippen LogP contribution is -2.22. The van der Waals surface area contributed by atoms with E-state index in [0.717, 1.165) is 15.6 Å². The van der Waals surface area contributed by atoms with Crippen LogP contribution in [0.1, 0.15) is 20.0 Å². The highest BCUT2D eigenvalue weighted by Crippen LogP contribution is 2.19. The second kappa shape index (κ2) is 6.44. The normalized spacial score (nSPS) is 11.4. The van der Waals surface area contributed by atoms with Crippen molar-refractivity contribution >= 4 is 38.3 Å². The molecule has 1 aromatic carbocycles. The Labute approximate surface area is 137 Å². The number of primary amides is 1. The number of anilines is 1. The third-order valence-corrected chi connectivity index (χ3v) is 5.58. The van der Waals surface area contributed by atoms with Crippen LogP contribution in [0.3, 0.4) is 0 Å². The first-order chi connectivity index (χ1) is 10.7. The number of aromatic nitrogens is 1. The number of amides is 2. The van der Waals surface area contributed by atoms with Gasteiger partial charge in [0.2, 0.25) is 10.0 Å². The molecule has 0 aliphatic rings. The lowest BCUT2D eigenvalue weighted by atomic mass is 10.2. The molecular weight excluding hydrogens is 340 g/mol. The van der Waals surface area contributed by atoms with E-state index in [9.17, 15) is 18.0 Å². The Hall–Kier alpha value is -2.30. The molecule has 23 heavy (non-hydrogen) atoms. The standard InChI is InChI=1S/C13H14N4O4S2/c1-17(2)23(20,21)9-5-3-4-8(6-9)12(19)16-13-15-7-10(22-13)11(14)18/h3-7H,1-2H3,(H2,14,18)(H,15,16,19). The zero-order chi connectivity index (χ0) is 17.2. The molecule has 2 rings (SSSR count). The predicted octanol–water partition coefficient (Wildman–Crippen LogP) is 0.745. The highest BCUT2D eigenvalue weighted by Gasteiger charge is 2.19. The van der Waals surface area contributed by atoms with Crippen LogP contribution in [0.4, 0.5) is 5.13 Å². The van der Waals surface area contributed by atoms with Crippen molar-refractivity contribution in [2.24, 2.45) is 5.73 Å². The summed E-state index contributed by atoms with van der Waals surface area (Å²) < 4.78 is 25.2. The minimum Gasteiger partial charge on any atom is -0.365 e. The summed E-state index contributed by atoms with van der Waals surface area (Å²) in [5.74, 6) is -1.17. The fourth-order valence-electron chi connectivity index (χ4n) is 1.62. The van der Waals surface area contributed by atoms with Crippen molar-refractivity contribution in [1.82, 2.24) is 9.29 Å². The zero-order valence-corrected chi connectivity index (χ0v) is 13.9. The first-order valence-corrected chi connectivity index (χ1v) is 8.57. The third-order valence-electron chi connectivity index (χ3n) is 2.84. The second-order valence-electron chi connectivity index (χ2n) is 4.66.